The SMILES string of the molecule is COc1ccc(-c2nnc(SCC(=O)N3CCC[C@H](C(N)=O)C3)o2)c(OC)c1. The van der Waals surface area contributed by atoms with Crippen LogP contribution in [-0.4, -0.2) is 60.0 Å². The summed E-state index contributed by atoms with van der Waals surface area (Å²) in [5, 5.41) is 8.30. The summed E-state index contributed by atoms with van der Waals surface area (Å²) in [4.78, 5) is 25.4. The molecule has 0 radical (unpaired) electrons. The maximum atomic E-state index is 12.4. The topological polar surface area (TPSA) is 121 Å². The minimum atomic E-state index is -0.361. The molecule has 2 amide bonds. The van der Waals surface area contributed by atoms with Gasteiger partial charge in [-0.15, -0.1) is 10.2 Å². The van der Waals surface area contributed by atoms with Gasteiger partial charge in [-0.2, -0.15) is 0 Å². The number of thioether (sulfide) groups is 1. The van der Waals surface area contributed by atoms with E-state index in [1.54, 1.807) is 37.3 Å². The molecule has 1 saturated heterocycles. The molecule has 2 N–H and O–H groups in total. The van der Waals surface area contributed by atoms with Gasteiger partial charge in [0.15, 0.2) is 0 Å². The van der Waals surface area contributed by atoms with Crippen LogP contribution in [0.25, 0.3) is 11.5 Å². The number of nitrogens with zero attached hydrogens (tertiary/aromatic N) is 3. The van der Waals surface area contributed by atoms with E-state index in [0.29, 0.717) is 36.0 Å². The predicted octanol–water partition coefficient (Wildman–Crippen LogP) is 1.57. The largest absolute Gasteiger partial charge is 0.497 e. The van der Waals surface area contributed by atoms with Crippen LogP contribution in [-0.2, 0) is 9.59 Å². The van der Waals surface area contributed by atoms with Crippen molar-refractivity contribution in [2.45, 2.75) is 18.1 Å². The van der Waals surface area contributed by atoms with E-state index in [-0.39, 0.29) is 28.7 Å². The second-order valence-electron chi connectivity index (χ2n) is 6.31. The molecule has 0 bridgehead atoms. The summed E-state index contributed by atoms with van der Waals surface area (Å²) in [6, 6.07) is 5.26. The molecule has 0 aliphatic carbocycles. The maximum absolute atomic E-state index is 12.4. The highest BCUT2D eigenvalue weighted by atomic mass is 32.2. The molecule has 2 heterocycles. The van der Waals surface area contributed by atoms with Crippen molar-refractivity contribution >= 4 is 23.6 Å². The van der Waals surface area contributed by atoms with Gasteiger partial charge in [0.2, 0.25) is 11.8 Å². The molecular weight excluding hydrogens is 384 g/mol. The average molecular weight is 406 g/mol. The lowest BCUT2D eigenvalue weighted by atomic mass is 9.97. The highest BCUT2D eigenvalue weighted by Crippen LogP contribution is 2.33. The first-order valence-corrected chi connectivity index (χ1v) is 9.76. The molecule has 2 aromatic rings. The second-order valence-corrected chi connectivity index (χ2v) is 7.24. The normalized spacial score (nSPS) is 16.6. The van der Waals surface area contributed by atoms with Crippen molar-refractivity contribution in [3.8, 4) is 23.0 Å². The summed E-state index contributed by atoms with van der Waals surface area (Å²) in [5.41, 5.74) is 5.99. The summed E-state index contributed by atoms with van der Waals surface area (Å²) in [6.45, 7) is 0.994. The summed E-state index contributed by atoms with van der Waals surface area (Å²) in [5.74, 6) is 0.907. The van der Waals surface area contributed by atoms with E-state index in [0.717, 1.165) is 24.6 Å². The predicted molar refractivity (Wildman–Crippen MR) is 102 cm³/mol. The molecule has 0 spiro atoms. The Morgan fingerprint density at radius 1 is 1.32 bits per heavy atom. The Morgan fingerprint density at radius 2 is 2.14 bits per heavy atom. The van der Waals surface area contributed by atoms with Gasteiger partial charge in [-0.1, -0.05) is 11.8 Å². The molecule has 1 aromatic carbocycles. The van der Waals surface area contributed by atoms with Crippen LogP contribution in [0.3, 0.4) is 0 Å². The molecule has 1 aliphatic rings. The number of likely N-dealkylation sites (tertiary alicyclic amines) is 1. The highest BCUT2D eigenvalue weighted by molar-refractivity contribution is 7.99. The number of nitrogens with two attached hydrogens (primary N) is 1. The van der Waals surface area contributed by atoms with E-state index in [2.05, 4.69) is 10.2 Å². The van der Waals surface area contributed by atoms with Gasteiger partial charge >= 0.3 is 0 Å². The first-order chi connectivity index (χ1) is 13.5. The van der Waals surface area contributed by atoms with Gasteiger partial charge in [-0.05, 0) is 25.0 Å². The lowest BCUT2D eigenvalue weighted by Gasteiger charge is -2.31. The molecular formula is C18H22N4O5S. The molecule has 1 fully saturated rings. The monoisotopic (exact) mass is 406 g/mol. The third-order valence-electron chi connectivity index (χ3n) is 4.54. The summed E-state index contributed by atoms with van der Waals surface area (Å²) in [6.07, 6.45) is 1.49. The second kappa shape index (κ2) is 8.96. The quantitative estimate of drug-likeness (QED) is 0.688. The van der Waals surface area contributed by atoms with Gasteiger partial charge in [0, 0.05) is 19.2 Å². The fraction of sp³-hybridized carbons (Fsp3) is 0.444. The minimum absolute atomic E-state index is 0.0854. The molecule has 0 saturated carbocycles. The van der Waals surface area contributed by atoms with Crippen molar-refractivity contribution in [2.24, 2.45) is 11.7 Å². The van der Waals surface area contributed by atoms with E-state index < -0.39 is 0 Å². The Hall–Kier alpha value is -2.75. The van der Waals surface area contributed by atoms with Crippen LogP contribution in [0.15, 0.2) is 27.8 Å². The van der Waals surface area contributed by atoms with Crippen LogP contribution in [0.1, 0.15) is 12.8 Å². The molecule has 10 heteroatoms. The fourth-order valence-electron chi connectivity index (χ4n) is 3.00. The van der Waals surface area contributed by atoms with E-state index >= 15 is 0 Å². The molecule has 9 nitrogen and oxygen atoms in total. The number of hydrogen-bond acceptors (Lipinski definition) is 8. The van der Waals surface area contributed by atoms with E-state index in [1.807, 2.05) is 0 Å². The Labute approximate surface area is 166 Å². The number of amides is 2. The average Bonchev–Trinajstić information content (AvgIpc) is 3.20. The number of rotatable bonds is 7. The number of aromatic nitrogens is 2. The van der Waals surface area contributed by atoms with E-state index in [9.17, 15) is 9.59 Å². The van der Waals surface area contributed by atoms with Crippen molar-refractivity contribution in [1.82, 2.24) is 15.1 Å². The summed E-state index contributed by atoms with van der Waals surface area (Å²) in [7, 11) is 3.11. The van der Waals surface area contributed by atoms with Crippen molar-refractivity contribution in [3.05, 3.63) is 18.2 Å². The van der Waals surface area contributed by atoms with Crippen molar-refractivity contribution in [3.63, 3.8) is 0 Å². The molecule has 1 atom stereocenters. The zero-order chi connectivity index (χ0) is 20.1. The molecule has 28 heavy (non-hydrogen) atoms. The highest BCUT2D eigenvalue weighted by Gasteiger charge is 2.27. The van der Waals surface area contributed by atoms with E-state index in [1.165, 1.54) is 0 Å². The van der Waals surface area contributed by atoms with Crippen molar-refractivity contribution < 1.29 is 23.5 Å². The number of methoxy groups -OCH3 is 2. The van der Waals surface area contributed by atoms with Crippen LogP contribution in [0.4, 0.5) is 0 Å². The summed E-state index contributed by atoms with van der Waals surface area (Å²) >= 11 is 1.16. The number of carbonyl (C=O) groups excluding carboxylic acids is 2. The number of primary amides is 1. The zero-order valence-corrected chi connectivity index (χ0v) is 16.5. The first-order valence-electron chi connectivity index (χ1n) is 8.77. The molecule has 0 unspecified atom stereocenters. The smallest absolute Gasteiger partial charge is 0.277 e. The van der Waals surface area contributed by atoms with Crippen LogP contribution < -0.4 is 15.2 Å². The number of piperidine rings is 1. The standard InChI is InChI=1S/C18H22N4O5S/c1-25-12-5-6-13(14(8-12)26-2)17-20-21-18(27-17)28-10-15(23)22-7-3-4-11(9-22)16(19)24/h5-6,8,11H,3-4,7,9-10H2,1-2H3,(H2,19,24)/t11-/m0/s1. The number of ether oxygens (including phenoxy) is 2. The van der Waals surface area contributed by atoms with Gasteiger partial charge in [0.05, 0.1) is 31.5 Å². The van der Waals surface area contributed by atoms with Crippen LogP contribution in [0.2, 0.25) is 0 Å². The van der Waals surface area contributed by atoms with E-state index in [4.69, 9.17) is 19.6 Å². The number of hydrogen-bond donors (Lipinski definition) is 1. The minimum Gasteiger partial charge on any atom is -0.497 e. The third kappa shape index (κ3) is 4.56. The lowest BCUT2D eigenvalue weighted by molar-refractivity contribution is -0.132. The Morgan fingerprint density at radius 3 is 2.86 bits per heavy atom. The zero-order valence-electron chi connectivity index (χ0n) is 15.7. The number of benzene rings is 1. The van der Waals surface area contributed by atoms with Crippen LogP contribution in [0, 0.1) is 5.92 Å². The Balaban J connectivity index is 1.62. The van der Waals surface area contributed by atoms with Crippen LogP contribution >= 0.6 is 11.8 Å². The molecule has 150 valence electrons. The lowest BCUT2D eigenvalue weighted by Crippen LogP contribution is -2.44. The molecule has 3 rings (SSSR count). The third-order valence-corrected chi connectivity index (χ3v) is 5.34. The summed E-state index contributed by atoms with van der Waals surface area (Å²) < 4.78 is 16.2. The van der Waals surface area contributed by atoms with Gasteiger partial charge in [0.25, 0.3) is 11.1 Å². The van der Waals surface area contributed by atoms with Crippen LogP contribution in [0.5, 0.6) is 11.5 Å². The number of carbonyl (C=O) groups is 2. The van der Waals surface area contributed by atoms with Gasteiger partial charge < -0.3 is 24.5 Å². The Bertz CT molecular complexity index is 856. The molecule has 1 aromatic heterocycles. The van der Waals surface area contributed by atoms with Crippen molar-refractivity contribution in [1.29, 1.82) is 0 Å². The van der Waals surface area contributed by atoms with Crippen molar-refractivity contribution in [2.75, 3.05) is 33.1 Å². The first kappa shape index (κ1) is 20.0. The van der Waals surface area contributed by atoms with Gasteiger partial charge in [-0.3, -0.25) is 9.59 Å². The van der Waals surface area contributed by atoms with Gasteiger partial charge in [-0.25, -0.2) is 0 Å². The molecule has 1 aliphatic heterocycles. The Kier molecular flexibility index (Phi) is 6.40. The van der Waals surface area contributed by atoms with Gasteiger partial charge in [0.1, 0.15) is 11.5 Å². The maximum Gasteiger partial charge on any atom is 0.277 e. The fourth-order valence-corrected chi connectivity index (χ4v) is 3.67.